The molecule has 28 heavy (non-hydrogen) atoms. The number of rotatable bonds is 6. The lowest BCUT2D eigenvalue weighted by Gasteiger charge is -2.32. The zero-order valence-electron chi connectivity index (χ0n) is 16.2. The smallest absolute Gasteiger partial charge is 0.250 e. The zero-order chi connectivity index (χ0) is 20.1. The van der Waals surface area contributed by atoms with Gasteiger partial charge in [-0.1, -0.05) is 47.5 Å². The average molecular weight is 421 g/mol. The Labute approximate surface area is 176 Å². The van der Waals surface area contributed by atoms with Crippen LogP contribution in [0.15, 0.2) is 48.5 Å². The van der Waals surface area contributed by atoms with Gasteiger partial charge in [0.2, 0.25) is 0 Å². The van der Waals surface area contributed by atoms with E-state index in [9.17, 15) is 4.79 Å². The minimum Gasteiger partial charge on any atom is -0.366 e. The van der Waals surface area contributed by atoms with Crippen LogP contribution in [0.5, 0.6) is 0 Å². The average Bonchev–Trinajstić information content (AvgIpc) is 2.68. The first-order chi connectivity index (χ1) is 13.4. The predicted octanol–water partition coefficient (Wildman–Crippen LogP) is 4.16. The van der Waals surface area contributed by atoms with Gasteiger partial charge >= 0.3 is 0 Å². The van der Waals surface area contributed by atoms with Crippen molar-refractivity contribution in [3.63, 3.8) is 0 Å². The number of carbonyl (C=O) groups is 1. The summed E-state index contributed by atoms with van der Waals surface area (Å²) in [6.07, 6.45) is 0.355. The molecule has 3 atom stereocenters. The van der Waals surface area contributed by atoms with Crippen LogP contribution < -0.4 is 5.32 Å². The molecule has 3 unspecified atom stereocenters. The molecular formula is C22H26Cl2N2O2. The maximum Gasteiger partial charge on any atom is 0.250 e. The number of morpholine rings is 1. The van der Waals surface area contributed by atoms with Crippen LogP contribution in [0.1, 0.15) is 24.0 Å². The molecule has 0 aromatic heterocycles. The molecule has 1 fully saturated rings. The third-order valence-corrected chi connectivity index (χ3v) is 5.71. The Morgan fingerprint density at radius 2 is 1.75 bits per heavy atom. The number of halogens is 2. The van der Waals surface area contributed by atoms with Crippen LogP contribution in [0.25, 0.3) is 0 Å². The minimum absolute atomic E-state index is 0.0610. The van der Waals surface area contributed by atoms with Gasteiger partial charge in [0.15, 0.2) is 0 Å². The third-order valence-electron chi connectivity index (χ3n) is 5.20. The van der Waals surface area contributed by atoms with E-state index in [-0.39, 0.29) is 17.9 Å². The summed E-state index contributed by atoms with van der Waals surface area (Å²) in [6, 6.07) is 15.6. The van der Waals surface area contributed by atoms with E-state index < -0.39 is 6.10 Å². The lowest BCUT2D eigenvalue weighted by atomic mass is 9.86. The second kappa shape index (κ2) is 9.75. The highest BCUT2D eigenvalue weighted by atomic mass is 35.5. The monoisotopic (exact) mass is 420 g/mol. The van der Waals surface area contributed by atoms with E-state index in [4.69, 9.17) is 27.9 Å². The first-order valence-electron chi connectivity index (χ1n) is 9.53. The molecule has 2 aromatic rings. The molecule has 3 rings (SSSR count). The topological polar surface area (TPSA) is 41.6 Å². The number of benzene rings is 2. The summed E-state index contributed by atoms with van der Waals surface area (Å²) in [6.45, 7) is 4.08. The van der Waals surface area contributed by atoms with Gasteiger partial charge in [-0.2, -0.15) is 0 Å². The Morgan fingerprint density at radius 1 is 1.14 bits per heavy atom. The van der Waals surface area contributed by atoms with Crippen LogP contribution in [-0.2, 0) is 16.0 Å². The van der Waals surface area contributed by atoms with Crippen molar-refractivity contribution < 1.29 is 9.53 Å². The van der Waals surface area contributed by atoms with Gasteiger partial charge in [0.25, 0.3) is 5.91 Å². The fourth-order valence-electron chi connectivity index (χ4n) is 3.52. The SMILES string of the molecule is CC(NC(=O)C1CN(C)CCO1)C(Cc1ccc(Cl)cc1)c1ccc(Cl)cc1. The number of hydrogen-bond donors (Lipinski definition) is 1. The Bertz CT molecular complexity index is 780. The molecule has 1 aliphatic rings. The molecule has 4 nitrogen and oxygen atoms in total. The largest absolute Gasteiger partial charge is 0.366 e. The normalized spacial score (nSPS) is 19.8. The van der Waals surface area contributed by atoms with Crippen molar-refractivity contribution in [1.82, 2.24) is 10.2 Å². The van der Waals surface area contributed by atoms with E-state index in [0.717, 1.165) is 18.5 Å². The minimum atomic E-state index is -0.428. The first kappa shape index (κ1) is 21.1. The summed E-state index contributed by atoms with van der Waals surface area (Å²) in [5, 5.41) is 4.58. The molecule has 1 N–H and O–H groups in total. The van der Waals surface area contributed by atoms with Crippen LogP contribution in [0.3, 0.4) is 0 Å². The third kappa shape index (κ3) is 5.71. The second-order valence-corrected chi connectivity index (χ2v) is 8.28. The summed E-state index contributed by atoms with van der Waals surface area (Å²) >= 11 is 12.1. The standard InChI is InChI=1S/C22H26Cl2N2O2/c1-15(25-22(27)21-14-26(2)11-12-28-21)20(17-5-9-19(24)10-6-17)13-16-3-7-18(23)8-4-16/h3-10,15,20-21H,11-14H2,1-2H3,(H,25,27). The quantitative estimate of drug-likeness (QED) is 0.762. The van der Waals surface area contributed by atoms with Crippen LogP contribution >= 0.6 is 23.2 Å². The van der Waals surface area contributed by atoms with Crippen molar-refractivity contribution >= 4 is 29.1 Å². The maximum atomic E-state index is 12.7. The molecule has 0 bridgehead atoms. The Kier molecular flexibility index (Phi) is 7.36. The van der Waals surface area contributed by atoms with Gasteiger partial charge in [-0.05, 0) is 55.8 Å². The van der Waals surface area contributed by atoms with Gasteiger partial charge in [0, 0.05) is 35.1 Å². The van der Waals surface area contributed by atoms with Crippen molar-refractivity contribution in [2.45, 2.75) is 31.4 Å². The Hall–Kier alpha value is -1.59. The molecule has 1 saturated heterocycles. The fraction of sp³-hybridized carbons (Fsp3) is 0.409. The van der Waals surface area contributed by atoms with Crippen molar-refractivity contribution in [2.24, 2.45) is 0 Å². The molecule has 0 radical (unpaired) electrons. The molecule has 150 valence electrons. The number of nitrogens with one attached hydrogen (secondary N) is 1. The van der Waals surface area contributed by atoms with Crippen molar-refractivity contribution in [3.05, 3.63) is 69.7 Å². The molecule has 2 aromatic carbocycles. The highest BCUT2D eigenvalue weighted by Gasteiger charge is 2.28. The molecule has 0 spiro atoms. The lowest BCUT2D eigenvalue weighted by molar-refractivity contribution is -0.138. The molecular weight excluding hydrogens is 395 g/mol. The molecule has 1 amide bonds. The van der Waals surface area contributed by atoms with Gasteiger partial charge in [-0.25, -0.2) is 0 Å². The number of nitrogens with zero attached hydrogens (tertiary/aromatic N) is 1. The number of carbonyl (C=O) groups excluding carboxylic acids is 1. The second-order valence-electron chi connectivity index (χ2n) is 7.41. The van der Waals surface area contributed by atoms with Gasteiger partial charge < -0.3 is 15.0 Å². The summed E-state index contributed by atoms with van der Waals surface area (Å²) in [5.41, 5.74) is 2.30. The van der Waals surface area contributed by atoms with E-state index >= 15 is 0 Å². The molecule has 1 heterocycles. The van der Waals surface area contributed by atoms with Crippen LogP contribution in [0, 0.1) is 0 Å². The number of likely N-dealkylation sites (N-methyl/N-ethyl adjacent to an activating group) is 1. The van der Waals surface area contributed by atoms with Crippen molar-refractivity contribution in [2.75, 3.05) is 26.7 Å². The molecule has 0 saturated carbocycles. The molecule has 0 aliphatic carbocycles. The van der Waals surface area contributed by atoms with Gasteiger partial charge in [-0.15, -0.1) is 0 Å². The van der Waals surface area contributed by atoms with E-state index in [0.29, 0.717) is 23.2 Å². The van der Waals surface area contributed by atoms with Gasteiger partial charge in [0.1, 0.15) is 6.10 Å². The predicted molar refractivity (Wildman–Crippen MR) is 114 cm³/mol. The summed E-state index contributed by atoms with van der Waals surface area (Å²) in [4.78, 5) is 14.9. The van der Waals surface area contributed by atoms with Crippen molar-refractivity contribution in [1.29, 1.82) is 0 Å². The highest BCUT2D eigenvalue weighted by Crippen LogP contribution is 2.27. The van der Waals surface area contributed by atoms with E-state index in [1.165, 1.54) is 5.56 Å². The first-order valence-corrected chi connectivity index (χ1v) is 10.3. The number of ether oxygens (including phenoxy) is 1. The lowest BCUT2D eigenvalue weighted by Crippen LogP contribution is -2.51. The van der Waals surface area contributed by atoms with Gasteiger partial charge in [0.05, 0.1) is 6.61 Å². The number of hydrogen-bond acceptors (Lipinski definition) is 3. The molecule has 1 aliphatic heterocycles. The van der Waals surface area contributed by atoms with Crippen LogP contribution in [-0.4, -0.2) is 49.7 Å². The molecule has 6 heteroatoms. The zero-order valence-corrected chi connectivity index (χ0v) is 17.7. The van der Waals surface area contributed by atoms with Crippen LogP contribution in [0.4, 0.5) is 0 Å². The van der Waals surface area contributed by atoms with E-state index in [1.54, 1.807) is 0 Å². The maximum absolute atomic E-state index is 12.7. The summed E-state index contributed by atoms with van der Waals surface area (Å²) < 4.78 is 5.66. The van der Waals surface area contributed by atoms with Gasteiger partial charge in [-0.3, -0.25) is 4.79 Å². The van der Waals surface area contributed by atoms with E-state index in [1.807, 2.05) is 62.5 Å². The van der Waals surface area contributed by atoms with Crippen molar-refractivity contribution in [3.8, 4) is 0 Å². The summed E-state index contributed by atoms with van der Waals surface area (Å²) in [7, 11) is 2.00. The highest BCUT2D eigenvalue weighted by molar-refractivity contribution is 6.30. The van der Waals surface area contributed by atoms with Crippen LogP contribution in [0.2, 0.25) is 10.0 Å². The Morgan fingerprint density at radius 3 is 2.36 bits per heavy atom. The number of amides is 1. The summed E-state index contributed by atoms with van der Waals surface area (Å²) in [5.74, 6) is 0.0397. The van der Waals surface area contributed by atoms with E-state index in [2.05, 4.69) is 10.2 Å². The fourth-order valence-corrected chi connectivity index (χ4v) is 3.77. The Balaban J connectivity index is 1.75.